The van der Waals surface area contributed by atoms with E-state index in [1.165, 1.54) is 25.7 Å². The normalized spacial score (nSPS) is 22.3. The van der Waals surface area contributed by atoms with E-state index in [0.29, 0.717) is 6.04 Å². The monoisotopic (exact) mass is 227 g/mol. The molecule has 1 aliphatic rings. The van der Waals surface area contributed by atoms with Crippen LogP contribution < -0.4 is 5.32 Å². The fourth-order valence-corrected chi connectivity index (χ4v) is 2.33. The van der Waals surface area contributed by atoms with Crippen molar-refractivity contribution in [3.8, 4) is 0 Å². The van der Waals surface area contributed by atoms with Gasteiger partial charge in [-0.3, -0.25) is 0 Å². The highest BCUT2D eigenvalue weighted by molar-refractivity contribution is 4.78. The largest absolute Gasteiger partial charge is 0.392 e. The van der Waals surface area contributed by atoms with Gasteiger partial charge in [-0.1, -0.05) is 46.5 Å². The van der Waals surface area contributed by atoms with Gasteiger partial charge in [-0.25, -0.2) is 0 Å². The second-order valence-electron chi connectivity index (χ2n) is 6.54. The highest BCUT2D eigenvalue weighted by atomic mass is 16.3. The predicted molar refractivity (Wildman–Crippen MR) is 69.5 cm³/mol. The number of nitrogens with one attached hydrogen (secondary N) is 1. The van der Waals surface area contributed by atoms with Crippen LogP contribution in [0.25, 0.3) is 0 Å². The Balaban J connectivity index is 2.16. The van der Waals surface area contributed by atoms with E-state index in [9.17, 15) is 5.11 Å². The van der Waals surface area contributed by atoms with E-state index in [1.807, 2.05) is 0 Å². The fraction of sp³-hybridized carbons (Fsp3) is 1.00. The first-order valence-electron chi connectivity index (χ1n) is 6.81. The molecule has 1 fully saturated rings. The maximum absolute atomic E-state index is 9.96. The molecule has 0 aromatic carbocycles. The van der Waals surface area contributed by atoms with Crippen molar-refractivity contribution in [1.82, 2.24) is 5.32 Å². The van der Waals surface area contributed by atoms with E-state index in [4.69, 9.17) is 0 Å². The maximum Gasteiger partial charge on any atom is 0.0667 e. The van der Waals surface area contributed by atoms with E-state index in [1.54, 1.807) is 0 Å². The second-order valence-corrected chi connectivity index (χ2v) is 6.54. The van der Waals surface area contributed by atoms with Crippen molar-refractivity contribution in [3.63, 3.8) is 0 Å². The van der Waals surface area contributed by atoms with E-state index in [0.717, 1.165) is 18.9 Å². The van der Waals surface area contributed by atoms with Crippen LogP contribution in [-0.4, -0.2) is 23.8 Å². The average Bonchev–Trinajstić information content (AvgIpc) is 2.65. The lowest BCUT2D eigenvalue weighted by Crippen LogP contribution is -2.41. The van der Waals surface area contributed by atoms with E-state index in [-0.39, 0.29) is 11.5 Å². The Morgan fingerprint density at radius 3 is 2.31 bits per heavy atom. The molecule has 2 heteroatoms. The SMILES string of the molecule is CC(NCC(O)CC1CCCC1)C(C)(C)C. The van der Waals surface area contributed by atoms with Crippen LogP contribution >= 0.6 is 0 Å². The Kier molecular flexibility index (Phi) is 5.26. The van der Waals surface area contributed by atoms with Gasteiger partial charge in [0.05, 0.1) is 6.10 Å². The van der Waals surface area contributed by atoms with Crippen LogP contribution in [-0.2, 0) is 0 Å². The van der Waals surface area contributed by atoms with Crippen molar-refractivity contribution in [3.05, 3.63) is 0 Å². The van der Waals surface area contributed by atoms with Gasteiger partial charge in [0.25, 0.3) is 0 Å². The Morgan fingerprint density at radius 2 is 1.81 bits per heavy atom. The molecule has 16 heavy (non-hydrogen) atoms. The van der Waals surface area contributed by atoms with Crippen molar-refractivity contribution in [2.45, 2.75) is 71.9 Å². The average molecular weight is 227 g/mol. The van der Waals surface area contributed by atoms with Crippen LogP contribution in [0.1, 0.15) is 59.8 Å². The third-order valence-electron chi connectivity index (χ3n) is 4.04. The minimum atomic E-state index is -0.159. The molecule has 1 aliphatic carbocycles. The Bertz CT molecular complexity index is 191. The molecule has 0 radical (unpaired) electrons. The third kappa shape index (κ3) is 4.84. The van der Waals surface area contributed by atoms with Gasteiger partial charge in [-0.2, -0.15) is 0 Å². The Hall–Kier alpha value is -0.0800. The summed E-state index contributed by atoms with van der Waals surface area (Å²) in [5.41, 5.74) is 0.271. The summed E-state index contributed by atoms with van der Waals surface area (Å²) < 4.78 is 0. The Morgan fingerprint density at radius 1 is 1.25 bits per heavy atom. The van der Waals surface area contributed by atoms with Gasteiger partial charge in [0.15, 0.2) is 0 Å². The molecule has 2 nitrogen and oxygen atoms in total. The highest BCUT2D eigenvalue weighted by Gasteiger charge is 2.22. The zero-order valence-corrected chi connectivity index (χ0v) is 11.4. The lowest BCUT2D eigenvalue weighted by molar-refractivity contribution is 0.129. The molecule has 0 aromatic rings. The van der Waals surface area contributed by atoms with E-state index < -0.39 is 0 Å². The molecule has 0 heterocycles. The van der Waals surface area contributed by atoms with Crippen LogP contribution in [0.5, 0.6) is 0 Å². The van der Waals surface area contributed by atoms with Gasteiger partial charge < -0.3 is 10.4 Å². The van der Waals surface area contributed by atoms with Crippen molar-refractivity contribution >= 4 is 0 Å². The Labute approximate surface area is 101 Å². The summed E-state index contributed by atoms with van der Waals surface area (Å²) in [6.45, 7) is 9.63. The molecule has 0 saturated heterocycles. The molecule has 2 atom stereocenters. The predicted octanol–water partition coefficient (Wildman–Crippen LogP) is 2.95. The van der Waals surface area contributed by atoms with Gasteiger partial charge in [0.1, 0.15) is 0 Å². The third-order valence-corrected chi connectivity index (χ3v) is 4.04. The second kappa shape index (κ2) is 6.02. The summed E-state index contributed by atoms with van der Waals surface area (Å²) in [5, 5.41) is 13.4. The molecular weight excluding hydrogens is 198 g/mol. The molecule has 2 unspecified atom stereocenters. The number of aliphatic hydroxyl groups is 1. The lowest BCUT2D eigenvalue weighted by atomic mass is 9.88. The smallest absolute Gasteiger partial charge is 0.0667 e. The highest BCUT2D eigenvalue weighted by Crippen LogP contribution is 2.28. The summed E-state index contributed by atoms with van der Waals surface area (Å²) >= 11 is 0. The molecule has 1 rings (SSSR count). The first-order valence-corrected chi connectivity index (χ1v) is 6.81. The van der Waals surface area contributed by atoms with Gasteiger partial charge in [-0.15, -0.1) is 0 Å². The molecular formula is C14H29NO. The molecule has 96 valence electrons. The van der Waals surface area contributed by atoms with Crippen molar-refractivity contribution < 1.29 is 5.11 Å². The van der Waals surface area contributed by atoms with Crippen LogP contribution in [0.15, 0.2) is 0 Å². The first kappa shape index (κ1) is 14.0. The first-order chi connectivity index (χ1) is 7.39. The summed E-state index contributed by atoms with van der Waals surface area (Å²) in [6, 6.07) is 0.450. The summed E-state index contributed by atoms with van der Waals surface area (Å²) in [4.78, 5) is 0. The van der Waals surface area contributed by atoms with Crippen molar-refractivity contribution in [2.75, 3.05) is 6.54 Å². The van der Waals surface area contributed by atoms with E-state index >= 15 is 0 Å². The molecule has 0 spiro atoms. The standard InChI is InChI=1S/C14H29NO/c1-11(14(2,3)4)15-10-13(16)9-12-7-5-6-8-12/h11-13,15-16H,5-10H2,1-4H3. The van der Waals surface area contributed by atoms with Crippen molar-refractivity contribution in [1.29, 1.82) is 0 Å². The molecule has 2 N–H and O–H groups in total. The van der Waals surface area contributed by atoms with Crippen LogP contribution in [0, 0.1) is 11.3 Å². The number of aliphatic hydroxyl groups excluding tert-OH is 1. The van der Waals surface area contributed by atoms with Crippen LogP contribution in [0.3, 0.4) is 0 Å². The molecule has 0 amide bonds. The minimum Gasteiger partial charge on any atom is -0.392 e. The molecule has 1 saturated carbocycles. The van der Waals surface area contributed by atoms with Gasteiger partial charge in [0, 0.05) is 12.6 Å². The van der Waals surface area contributed by atoms with Crippen LogP contribution in [0.4, 0.5) is 0 Å². The molecule has 0 aromatic heterocycles. The fourth-order valence-electron chi connectivity index (χ4n) is 2.33. The number of hydrogen-bond donors (Lipinski definition) is 2. The summed E-state index contributed by atoms with van der Waals surface area (Å²) in [6.07, 6.45) is 6.21. The number of hydrogen-bond acceptors (Lipinski definition) is 2. The quantitative estimate of drug-likeness (QED) is 0.757. The molecule has 0 aliphatic heterocycles. The minimum absolute atomic E-state index is 0.159. The van der Waals surface area contributed by atoms with Gasteiger partial charge >= 0.3 is 0 Å². The van der Waals surface area contributed by atoms with Crippen LogP contribution in [0.2, 0.25) is 0 Å². The van der Waals surface area contributed by atoms with Crippen molar-refractivity contribution in [2.24, 2.45) is 11.3 Å². The maximum atomic E-state index is 9.96. The van der Waals surface area contributed by atoms with E-state index in [2.05, 4.69) is 33.0 Å². The van der Waals surface area contributed by atoms with Gasteiger partial charge in [0.2, 0.25) is 0 Å². The zero-order valence-electron chi connectivity index (χ0n) is 11.4. The zero-order chi connectivity index (χ0) is 12.2. The molecule has 0 bridgehead atoms. The lowest BCUT2D eigenvalue weighted by Gasteiger charge is -2.29. The summed E-state index contributed by atoms with van der Waals surface area (Å²) in [7, 11) is 0. The van der Waals surface area contributed by atoms with Gasteiger partial charge in [-0.05, 0) is 24.7 Å². The number of rotatable bonds is 5. The summed E-state index contributed by atoms with van der Waals surface area (Å²) in [5.74, 6) is 0.779. The topological polar surface area (TPSA) is 32.3 Å².